The molecule has 2 aromatic carbocycles. The molecule has 1 fully saturated rings. The summed E-state index contributed by atoms with van der Waals surface area (Å²) in [5, 5.41) is 9.94. The Morgan fingerprint density at radius 1 is 1.18 bits per heavy atom. The molecule has 1 aliphatic heterocycles. The van der Waals surface area contributed by atoms with Crippen molar-refractivity contribution in [2.45, 2.75) is 38.3 Å². The van der Waals surface area contributed by atoms with Crippen LogP contribution >= 0.6 is 11.6 Å². The van der Waals surface area contributed by atoms with Gasteiger partial charge in [0.1, 0.15) is 0 Å². The van der Waals surface area contributed by atoms with Crippen LogP contribution in [0, 0.1) is 0 Å². The summed E-state index contributed by atoms with van der Waals surface area (Å²) in [7, 11) is 1.62. The lowest BCUT2D eigenvalue weighted by molar-refractivity contribution is -0.121. The standard InChI is InChI=1S/C26H31ClN4O3/c1-34-16-13-28-25(32)12-15-30-14-4-5-21(30)18-31-26(33)23-7-3-2-6-22(23)24(29-31)17-19-8-10-20(27)11-9-19/h2-3,6-11,21H,4-5,12-18H2,1H3,(H,28,32)/t21-/m1/s1. The molecule has 1 N–H and O–H groups in total. The van der Waals surface area contributed by atoms with Crippen molar-refractivity contribution in [1.82, 2.24) is 20.0 Å². The number of nitrogens with one attached hydrogen (secondary N) is 1. The van der Waals surface area contributed by atoms with Crippen molar-refractivity contribution in [3.8, 4) is 0 Å². The summed E-state index contributed by atoms with van der Waals surface area (Å²) in [5.41, 5.74) is 1.90. The Hall–Kier alpha value is -2.74. The van der Waals surface area contributed by atoms with Crippen LogP contribution in [-0.2, 0) is 22.5 Å². The molecule has 1 amide bonds. The first kappa shape index (κ1) is 24.4. The fraction of sp³-hybridized carbons (Fsp3) is 0.423. The van der Waals surface area contributed by atoms with E-state index in [-0.39, 0.29) is 17.5 Å². The third-order valence-electron chi connectivity index (χ3n) is 6.37. The smallest absolute Gasteiger partial charge is 0.274 e. The number of carbonyl (C=O) groups excluding carboxylic acids is 1. The van der Waals surface area contributed by atoms with E-state index < -0.39 is 0 Å². The lowest BCUT2D eigenvalue weighted by Gasteiger charge is -2.25. The third-order valence-corrected chi connectivity index (χ3v) is 6.62. The Labute approximate surface area is 204 Å². The SMILES string of the molecule is COCCNC(=O)CCN1CCC[C@@H]1Cn1nc(Cc2ccc(Cl)cc2)c2ccccc2c1=O. The molecule has 1 aliphatic rings. The van der Waals surface area contributed by atoms with Gasteiger partial charge in [0.05, 0.1) is 24.2 Å². The number of methoxy groups -OCH3 is 1. The number of carbonyl (C=O) groups is 1. The van der Waals surface area contributed by atoms with Gasteiger partial charge in [-0.25, -0.2) is 4.68 Å². The predicted octanol–water partition coefficient (Wildman–Crippen LogP) is 3.26. The number of nitrogens with zero attached hydrogens (tertiary/aromatic N) is 3. The maximum Gasteiger partial charge on any atom is 0.274 e. The van der Waals surface area contributed by atoms with E-state index in [9.17, 15) is 9.59 Å². The molecule has 0 bridgehead atoms. The van der Waals surface area contributed by atoms with Gasteiger partial charge in [-0.2, -0.15) is 5.10 Å². The van der Waals surface area contributed by atoms with Gasteiger partial charge in [-0.15, -0.1) is 0 Å². The lowest BCUT2D eigenvalue weighted by atomic mass is 10.0. The number of likely N-dealkylation sites (tertiary alicyclic amines) is 1. The average Bonchev–Trinajstić information content (AvgIpc) is 3.29. The number of benzene rings is 2. The van der Waals surface area contributed by atoms with Crippen molar-refractivity contribution < 1.29 is 9.53 Å². The highest BCUT2D eigenvalue weighted by Gasteiger charge is 2.26. The maximum atomic E-state index is 13.3. The van der Waals surface area contributed by atoms with Crippen molar-refractivity contribution in [3.63, 3.8) is 0 Å². The molecule has 1 atom stereocenters. The van der Waals surface area contributed by atoms with Crippen molar-refractivity contribution >= 4 is 28.3 Å². The molecule has 8 heteroatoms. The van der Waals surface area contributed by atoms with Gasteiger partial charge in [0.15, 0.2) is 0 Å². The van der Waals surface area contributed by atoms with Gasteiger partial charge >= 0.3 is 0 Å². The summed E-state index contributed by atoms with van der Waals surface area (Å²) in [6.45, 7) is 3.14. The first-order valence-corrected chi connectivity index (χ1v) is 12.2. The maximum absolute atomic E-state index is 13.3. The second-order valence-electron chi connectivity index (χ2n) is 8.71. The van der Waals surface area contributed by atoms with Gasteiger partial charge in [0.2, 0.25) is 5.91 Å². The van der Waals surface area contributed by atoms with Gasteiger partial charge in [0.25, 0.3) is 5.56 Å². The largest absolute Gasteiger partial charge is 0.383 e. The van der Waals surface area contributed by atoms with E-state index in [0.717, 1.165) is 36.0 Å². The lowest BCUT2D eigenvalue weighted by Crippen LogP contribution is -2.39. The second kappa shape index (κ2) is 11.6. The number of fused-ring (bicyclic) bond motifs is 1. The van der Waals surface area contributed by atoms with Crippen molar-refractivity contribution in [3.05, 3.63) is 75.2 Å². The van der Waals surface area contributed by atoms with Crippen LogP contribution in [0.5, 0.6) is 0 Å². The van der Waals surface area contributed by atoms with Gasteiger partial charge < -0.3 is 10.1 Å². The average molecular weight is 483 g/mol. The van der Waals surface area contributed by atoms with Crippen LogP contribution < -0.4 is 10.9 Å². The Balaban J connectivity index is 1.52. The Morgan fingerprint density at radius 3 is 2.71 bits per heavy atom. The fourth-order valence-corrected chi connectivity index (χ4v) is 4.70. The molecule has 0 saturated carbocycles. The quantitative estimate of drug-likeness (QED) is 0.449. The molecule has 34 heavy (non-hydrogen) atoms. The van der Waals surface area contributed by atoms with Crippen LogP contribution in [0.25, 0.3) is 10.8 Å². The molecule has 0 aliphatic carbocycles. The summed E-state index contributed by atoms with van der Waals surface area (Å²) in [4.78, 5) is 27.7. The van der Waals surface area contributed by atoms with Crippen LogP contribution in [0.1, 0.15) is 30.5 Å². The van der Waals surface area contributed by atoms with Crippen LogP contribution in [0.2, 0.25) is 5.02 Å². The molecule has 7 nitrogen and oxygen atoms in total. The zero-order chi connectivity index (χ0) is 23.9. The van der Waals surface area contributed by atoms with Crippen molar-refractivity contribution in [2.24, 2.45) is 0 Å². The summed E-state index contributed by atoms with van der Waals surface area (Å²) >= 11 is 6.05. The summed E-state index contributed by atoms with van der Waals surface area (Å²) in [6, 6.07) is 15.6. The van der Waals surface area contributed by atoms with E-state index in [1.165, 1.54) is 0 Å². The Bertz CT molecular complexity index is 1180. The van der Waals surface area contributed by atoms with Crippen LogP contribution in [0.3, 0.4) is 0 Å². The third kappa shape index (κ3) is 6.03. The van der Waals surface area contributed by atoms with Gasteiger partial charge in [-0.1, -0.05) is 41.9 Å². The first-order chi connectivity index (χ1) is 16.5. The molecule has 0 unspecified atom stereocenters. The van der Waals surface area contributed by atoms with Crippen LogP contribution in [-0.4, -0.2) is 60.0 Å². The van der Waals surface area contributed by atoms with Gasteiger partial charge in [-0.3, -0.25) is 14.5 Å². The minimum Gasteiger partial charge on any atom is -0.383 e. The van der Waals surface area contributed by atoms with E-state index in [0.29, 0.717) is 49.5 Å². The summed E-state index contributed by atoms with van der Waals surface area (Å²) in [5.74, 6) is 0.0222. The van der Waals surface area contributed by atoms with Crippen LogP contribution in [0.15, 0.2) is 53.3 Å². The van der Waals surface area contributed by atoms with E-state index in [2.05, 4.69) is 10.2 Å². The molecule has 0 radical (unpaired) electrons. The van der Waals surface area contributed by atoms with Gasteiger partial charge in [0, 0.05) is 49.5 Å². The molecule has 180 valence electrons. The van der Waals surface area contributed by atoms with E-state index in [1.54, 1.807) is 11.8 Å². The normalized spacial score (nSPS) is 16.2. The Morgan fingerprint density at radius 2 is 1.94 bits per heavy atom. The summed E-state index contributed by atoms with van der Waals surface area (Å²) in [6.07, 6.45) is 3.09. The molecule has 0 spiro atoms. The van der Waals surface area contributed by atoms with Gasteiger partial charge in [-0.05, 0) is 43.1 Å². The van der Waals surface area contributed by atoms with Crippen LogP contribution in [0.4, 0.5) is 0 Å². The molecular formula is C26H31ClN4O3. The number of hydrogen-bond donors (Lipinski definition) is 1. The van der Waals surface area contributed by atoms with Crippen molar-refractivity contribution in [2.75, 3.05) is 33.4 Å². The molecule has 4 rings (SSSR count). The highest BCUT2D eigenvalue weighted by Crippen LogP contribution is 2.21. The highest BCUT2D eigenvalue weighted by atomic mass is 35.5. The van der Waals surface area contributed by atoms with Crippen molar-refractivity contribution in [1.29, 1.82) is 0 Å². The monoisotopic (exact) mass is 482 g/mol. The highest BCUT2D eigenvalue weighted by molar-refractivity contribution is 6.30. The second-order valence-corrected chi connectivity index (χ2v) is 9.14. The van der Waals surface area contributed by atoms with E-state index in [4.69, 9.17) is 21.4 Å². The number of aromatic nitrogens is 2. The first-order valence-electron chi connectivity index (χ1n) is 11.8. The molecule has 1 saturated heterocycles. The minimum atomic E-state index is -0.0698. The number of halogens is 1. The minimum absolute atomic E-state index is 0.0222. The number of hydrogen-bond acceptors (Lipinski definition) is 5. The number of amides is 1. The zero-order valence-corrected chi connectivity index (χ0v) is 20.3. The zero-order valence-electron chi connectivity index (χ0n) is 19.5. The summed E-state index contributed by atoms with van der Waals surface area (Å²) < 4.78 is 6.60. The number of ether oxygens (including phenoxy) is 1. The van der Waals surface area contributed by atoms with E-state index >= 15 is 0 Å². The molecular weight excluding hydrogens is 452 g/mol. The molecule has 1 aromatic heterocycles. The topological polar surface area (TPSA) is 76.5 Å². The molecule has 3 aromatic rings. The fourth-order valence-electron chi connectivity index (χ4n) is 4.58. The molecule has 2 heterocycles. The van der Waals surface area contributed by atoms with E-state index in [1.807, 2.05) is 48.5 Å². The number of rotatable bonds is 10. The Kier molecular flexibility index (Phi) is 8.32. The predicted molar refractivity (Wildman–Crippen MR) is 134 cm³/mol.